The van der Waals surface area contributed by atoms with Crippen molar-refractivity contribution in [3.8, 4) is 22.8 Å². The summed E-state index contributed by atoms with van der Waals surface area (Å²) in [7, 11) is 3.18. The van der Waals surface area contributed by atoms with Crippen LogP contribution < -0.4 is 14.8 Å². The number of carbonyl (C=O) groups is 1. The van der Waals surface area contributed by atoms with Gasteiger partial charge in [0, 0.05) is 23.3 Å². The van der Waals surface area contributed by atoms with Crippen LogP contribution in [0.4, 0.5) is 5.13 Å². The van der Waals surface area contributed by atoms with Crippen molar-refractivity contribution in [2.75, 3.05) is 19.5 Å². The van der Waals surface area contributed by atoms with E-state index < -0.39 is 0 Å². The molecule has 0 unspecified atom stereocenters. The van der Waals surface area contributed by atoms with Crippen LogP contribution in [0.3, 0.4) is 0 Å². The smallest absolute Gasteiger partial charge is 0.257 e. The Morgan fingerprint density at radius 3 is 2.62 bits per heavy atom. The average Bonchev–Trinajstić information content (AvgIpc) is 3.10. The van der Waals surface area contributed by atoms with E-state index in [1.165, 1.54) is 11.3 Å². The normalized spacial score (nSPS) is 10.2. The Kier molecular flexibility index (Phi) is 4.72. The van der Waals surface area contributed by atoms with Gasteiger partial charge in [-0.1, -0.05) is 0 Å². The van der Waals surface area contributed by atoms with Gasteiger partial charge in [-0.25, -0.2) is 4.98 Å². The van der Waals surface area contributed by atoms with Crippen molar-refractivity contribution in [3.05, 3.63) is 53.7 Å². The first kappa shape index (κ1) is 15.9. The number of ether oxygens (including phenoxy) is 2. The number of aromatic nitrogens is 2. The number of nitrogens with zero attached hydrogens (tertiary/aromatic N) is 2. The van der Waals surface area contributed by atoms with Crippen LogP contribution in [-0.4, -0.2) is 30.1 Å². The Hall–Kier alpha value is -2.93. The minimum absolute atomic E-state index is 0.225. The molecule has 3 rings (SSSR count). The highest BCUT2D eigenvalue weighted by atomic mass is 32.1. The quantitative estimate of drug-likeness (QED) is 0.769. The molecule has 0 spiro atoms. The van der Waals surface area contributed by atoms with Gasteiger partial charge in [-0.2, -0.15) is 0 Å². The summed E-state index contributed by atoms with van der Waals surface area (Å²) in [4.78, 5) is 20.8. The molecule has 0 atom stereocenters. The van der Waals surface area contributed by atoms with E-state index in [-0.39, 0.29) is 5.91 Å². The molecule has 2 aromatic heterocycles. The van der Waals surface area contributed by atoms with E-state index in [4.69, 9.17) is 9.47 Å². The summed E-state index contributed by atoms with van der Waals surface area (Å²) in [6.45, 7) is 0. The van der Waals surface area contributed by atoms with Gasteiger partial charge in [-0.15, -0.1) is 11.3 Å². The van der Waals surface area contributed by atoms with Gasteiger partial charge in [0.05, 0.1) is 25.5 Å². The summed E-state index contributed by atoms with van der Waals surface area (Å²) < 4.78 is 10.4. The SMILES string of the molecule is COc1ccc(C(=O)Nc2nc(-c3cnccc3OC)cs2)cc1. The van der Waals surface area contributed by atoms with Crippen LogP contribution in [-0.2, 0) is 0 Å². The molecule has 2 heterocycles. The highest BCUT2D eigenvalue weighted by Gasteiger charge is 2.12. The fourth-order valence-corrected chi connectivity index (χ4v) is 2.82. The number of methoxy groups -OCH3 is 2. The summed E-state index contributed by atoms with van der Waals surface area (Å²) in [5.41, 5.74) is 2.02. The van der Waals surface area contributed by atoms with Crippen LogP contribution in [0, 0.1) is 0 Å². The van der Waals surface area contributed by atoms with Gasteiger partial charge < -0.3 is 9.47 Å². The molecule has 0 radical (unpaired) electrons. The lowest BCUT2D eigenvalue weighted by atomic mass is 10.2. The second-order valence-electron chi connectivity index (χ2n) is 4.80. The van der Waals surface area contributed by atoms with Gasteiger partial charge in [0.25, 0.3) is 5.91 Å². The molecule has 6 nitrogen and oxygen atoms in total. The number of amides is 1. The Labute approximate surface area is 143 Å². The van der Waals surface area contributed by atoms with E-state index in [1.54, 1.807) is 56.9 Å². The third kappa shape index (κ3) is 3.36. The maximum Gasteiger partial charge on any atom is 0.257 e. The summed E-state index contributed by atoms with van der Waals surface area (Å²) >= 11 is 1.34. The minimum atomic E-state index is -0.225. The van der Waals surface area contributed by atoms with E-state index in [9.17, 15) is 4.79 Å². The largest absolute Gasteiger partial charge is 0.497 e. The minimum Gasteiger partial charge on any atom is -0.497 e. The molecule has 1 N–H and O–H groups in total. The molecule has 24 heavy (non-hydrogen) atoms. The molecular formula is C17H15N3O3S. The van der Waals surface area contributed by atoms with Gasteiger partial charge >= 0.3 is 0 Å². The Bertz CT molecular complexity index is 846. The molecule has 1 amide bonds. The number of pyridine rings is 1. The number of hydrogen-bond donors (Lipinski definition) is 1. The van der Waals surface area contributed by atoms with Crippen molar-refractivity contribution < 1.29 is 14.3 Å². The number of rotatable bonds is 5. The standard InChI is InChI=1S/C17H15N3O3S/c1-22-12-5-3-11(4-6-12)16(21)20-17-19-14(10-24-17)13-9-18-8-7-15(13)23-2/h3-10H,1-2H3,(H,19,20,21). The molecule has 0 saturated carbocycles. The Morgan fingerprint density at radius 1 is 1.12 bits per heavy atom. The maximum absolute atomic E-state index is 12.3. The predicted molar refractivity (Wildman–Crippen MR) is 92.8 cm³/mol. The summed E-state index contributed by atoms with van der Waals surface area (Å²) in [5.74, 6) is 1.16. The summed E-state index contributed by atoms with van der Waals surface area (Å²) in [6, 6.07) is 8.65. The first-order valence-electron chi connectivity index (χ1n) is 7.10. The van der Waals surface area contributed by atoms with Crippen LogP contribution in [0.15, 0.2) is 48.1 Å². The van der Waals surface area contributed by atoms with Crippen LogP contribution in [0.1, 0.15) is 10.4 Å². The van der Waals surface area contributed by atoms with Gasteiger partial charge in [0.1, 0.15) is 11.5 Å². The molecule has 0 saturated heterocycles. The van der Waals surface area contributed by atoms with Gasteiger partial charge in [-0.05, 0) is 30.3 Å². The summed E-state index contributed by atoms with van der Waals surface area (Å²) in [6.07, 6.45) is 3.34. The third-order valence-corrected chi connectivity index (χ3v) is 4.11. The van der Waals surface area contributed by atoms with Crippen molar-refractivity contribution in [2.45, 2.75) is 0 Å². The monoisotopic (exact) mass is 341 g/mol. The topological polar surface area (TPSA) is 73.3 Å². The second-order valence-corrected chi connectivity index (χ2v) is 5.65. The molecular weight excluding hydrogens is 326 g/mol. The van der Waals surface area contributed by atoms with E-state index in [0.29, 0.717) is 27.9 Å². The number of carbonyl (C=O) groups excluding carboxylic acids is 1. The second kappa shape index (κ2) is 7.10. The number of anilines is 1. The highest BCUT2D eigenvalue weighted by molar-refractivity contribution is 7.14. The maximum atomic E-state index is 12.3. The Balaban J connectivity index is 1.77. The van der Waals surface area contributed by atoms with Crippen molar-refractivity contribution in [1.29, 1.82) is 0 Å². The van der Waals surface area contributed by atoms with Gasteiger partial charge in [0.2, 0.25) is 0 Å². The fraction of sp³-hybridized carbons (Fsp3) is 0.118. The lowest BCUT2D eigenvalue weighted by Crippen LogP contribution is -2.11. The zero-order valence-electron chi connectivity index (χ0n) is 13.1. The molecule has 0 aliphatic rings. The van der Waals surface area contributed by atoms with Crippen LogP contribution in [0.2, 0.25) is 0 Å². The first-order chi connectivity index (χ1) is 11.7. The first-order valence-corrected chi connectivity index (χ1v) is 7.98. The van der Waals surface area contributed by atoms with Crippen molar-refractivity contribution in [2.24, 2.45) is 0 Å². The predicted octanol–water partition coefficient (Wildman–Crippen LogP) is 3.47. The van der Waals surface area contributed by atoms with Gasteiger partial charge in [-0.3, -0.25) is 15.1 Å². The summed E-state index contributed by atoms with van der Waals surface area (Å²) in [5, 5.41) is 5.15. The van der Waals surface area contributed by atoms with Crippen LogP contribution >= 0.6 is 11.3 Å². The molecule has 0 fully saturated rings. The van der Waals surface area contributed by atoms with E-state index in [1.807, 2.05) is 5.38 Å². The lowest BCUT2D eigenvalue weighted by Gasteiger charge is -2.05. The van der Waals surface area contributed by atoms with Crippen molar-refractivity contribution >= 4 is 22.4 Å². The fourth-order valence-electron chi connectivity index (χ4n) is 2.12. The molecule has 0 aliphatic carbocycles. The number of thiazole rings is 1. The highest BCUT2D eigenvalue weighted by Crippen LogP contribution is 2.31. The number of nitrogens with one attached hydrogen (secondary N) is 1. The van der Waals surface area contributed by atoms with Gasteiger partial charge in [0.15, 0.2) is 5.13 Å². The van der Waals surface area contributed by atoms with E-state index in [2.05, 4.69) is 15.3 Å². The third-order valence-electron chi connectivity index (χ3n) is 3.35. The molecule has 0 bridgehead atoms. The van der Waals surface area contributed by atoms with Crippen LogP contribution in [0.5, 0.6) is 11.5 Å². The zero-order valence-corrected chi connectivity index (χ0v) is 14.0. The molecule has 0 aliphatic heterocycles. The molecule has 122 valence electrons. The molecule has 1 aromatic carbocycles. The molecule has 7 heteroatoms. The average molecular weight is 341 g/mol. The molecule has 3 aromatic rings. The number of benzene rings is 1. The van der Waals surface area contributed by atoms with E-state index in [0.717, 1.165) is 5.56 Å². The lowest BCUT2D eigenvalue weighted by molar-refractivity contribution is 0.102. The van der Waals surface area contributed by atoms with Crippen molar-refractivity contribution in [3.63, 3.8) is 0 Å². The zero-order chi connectivity index (χ0) is 16.9. The van der Waals surface area contributed by atoms with E-state index >= 15 is 0 Å². The van der Waals surface area contributed by atoms with Crippen molar-refractivity contribution in [1.82, 2.24) is 9.97 Å². The van der Waals surface area contributed by atoms with Crippen LogP contribution in [0.25, 0.3) is 11.3 Å². The Morgan fingerprint density at radius 2 is 1.92 bits per heavy atom. The number of hydrogen-bond acceptors (Lipinski definition) is 6.